The van der Waals surface area contributed by atoms with Gasteiger partial charge in [0.2, 0.25) is 0 Å². The van der Waals surface area contributed by atoms with Crippen molar-refractivity contribution < 1.29 is 0 Å². The highest BCUT2D eigenvalue weighted by atomic mass is 32.1. The predicted octanol–water partition coefficient (Wildman–Crippen LogP) is 3.58. The topological polar surface area (TPSA) is 46.8 Å². The third kappa shape index (κ3) is 3.48. The van der Waals surface area contributed by atoms with Crippen LogP contribution in [0.5, 0.6) is 0 Å². The molecule has 2 aromatic heterocycles. The zero-order valence-corrected chi connectivity index (χ0v) is 14.7. The van der Waals surface area contributed by atoms with E-state index < -0.39 is 0 Å². The van der Waals surface area contributed by atoms with Crippen molar-refractivity contribution in [3.05, 3.63) is 46.5 Å². The van der Waals surface area contributed by atoms with E-state index in [0.717, 1.165) is 34.6 Å². The van der Waals surface area contributed by atoms with Crippen molar-refractivity contribution in [2.45, 2.75) is 26.3 Å². The molecule has 0 radical (unpaired) electrons. The Morgan fingerprint density at radius 3 is 2.52 bits per heavy atom. The molecule has 0 amide bonds. The number of thiazole rings is 1. The second-order valence-electron chi connectivity index (χ2n) is 6.06. The maximum atomic E-state index is 4.73. The third-order valence-electron chi connectivity index (χ3n) is 3.37. The molecular weight excluding hydrogens is 306 g/mol. The van der Waals surface area contributed by atoms with E-state index in [2.05, 4.69) is 29.2 Å². The summed E-state index contributed by atoms with van der Waals surface area (Å²) < 4.78 is 1.89. The van der Waals surface area contributed by atoms with Crippen LogP contribution >= 0.6 is 11.3 Å². The lowest BCUT2D eigenvalue weighted by Gasteiger charge is -2.05. The van der Waals surface area contributed by atoms with Crippen LogP contribution in [0.4, 0.5) is 0 Å². The zero-order chi connectivity index (χ0) is 16.4. The maximum Gasteiger partial charge on any atom is 0.182 e. The summed E-state index contributed by atoms with van der Waals surface area (Å²) in [5.74, 6) is 1.92. The molecule has 120 valence electrons. The molecule has 0 aliphatic rings. The molecule has 1 aromatic carbocycles. The van der Waals surface area contributed by atoms with Crippen molar-refractivity contribution >= 4 is 11.3 Å². The van der Waals surface area contributed by atoms with Crippen LogP contribution in [-0.2, 0) is 6.54 Å². The zero-order valence-electron chi connectivity index (χ0n) is 13.9. The maximum absolute atomic E-state index is 4.73. The average Bonchev–Trinajstić information content (AvgIpc) is 3.14. The summed E-state index contributed by atoms with van der Waals surface area (Å²) in [4.78, 5) is 11.6. The first-order chi connectivity index (χ1) is 11.0. The fourth-order valence-corrected chi connectivity index (χ4v) is 3.13. The highest BCUT2D eigenvalue weighted by molar-refractivity contribution is 7.09. The molecule has 0 aliphatic heterocycles. The van der Waals surface area contributed by atoms with E-state index in [4.69, 9.17) is 9.97 Å². The van der Waals surface area contributed by atoms with Gasteiger partial charge in [-0.25, -0.2) is 14.6 Å². The molecule has 0 saturated carbocycles. The molecule has 2 heterocycles. The lowest BCUT2D eigenvalue weighted by Crippen LogP contribution is -2.10. The van der Waals surface area contributed by atoms with Gasteiger partial charge < -0.3 is 4.90 Å². The van der Waals surface area contributed by atoms with Crippen LogP contribution in [0, 0.1) is 0 Å². The summed E-state index contributed by atoms with van der Waals surface area (Å²) in [5, 5.41) is 7.83. The Hall–Kier alpha value is -2.05. The van der Waals surface area contributed by atoms with Crippen molar-refractivity contribution in [2.24, 2.45) is 0 Å². The van der Waals surface area contributed by atoms with Crippen molar-refractivity contribution in [3.63, 3.8) is 0 Å². The fraction of sp³-hybridized carbons (Fsp3) is 0.353. The number of aromatic nitrogens is 4. The molecule has 3 aromatic rings. The van der Waals surface area contributed by atoms with E-state index in [1.807, 2.05) is 49.1 Å². The Bertz CT molecular complexity index is 773. The minimum atomic E-state index is 0.276. The number of hydrogen-bond acceptors (Lipinski definition) is 5. The summed E-state index contributed by atoms with van der Waals surface area (Å²) in [5.41, 5.74) is 1.89. The van der Waals surface area contributed by atoms with Gasteiger partial charge in [0.15, 0.2) is 11.6 Å². The lowest BCUT2D eigenvalue weighted by atomic mass is 10.2. The Kier molecular flexibility index (Phi) is 4.54. The van der Waals surface area contributed by atoms with Gasteiger partial charge in [-0.1, -0.05) is 32.0 Å². The summed E-state index contributed by atoms with van der Waals surface area (Å²) in [6.45, 7) is 5.04. The van der Waals surface area contributed by atoms with E-state index in [1.165, 1.54) is 0 Å². The minimum absolute atomic E-state index is 0.276. The Morgan fingerprint density at radius 1 is 1.13 bits per heavy atom. The van der Waals surface area contributed by atoms with Gasteiger partial charge in [-0.2, -0.15) is 5.10 Å². The smallest absolute Gasteiger partial charge is 0.182 e. The standard InChI is InChI=1S/C17H21N5S/c1-12(2)16-19-17(14-11-23-15(18-14)10-21(3)4)22(20-16)13-8-6-5-7-9-13/h5-9,11-12H,10H2,1-4H3. The molecule has 0 bridgehead atoms. The van der Waals surface area contributed by atoms with Crippen molar-refractivity contribution in [1.29, 1.82) is 0 Å². The minimum Gasteiger partial charge on any atom is -0.303 e. The van der Waals surface area contributed by atoms with Gasteiger partial charge in [0.25, 0.3) is 0 Å². The average molecular weight is 327 g/mol. The van der Waals surface area contributed by atoms with Crippen LogP contribution in [0.15, 0.2) is 35.7 Å². The number of rotatable bonds is 5. The monoisotopic (exact) mass is 327 g/mol. The molecule has 0 atom stereocenters. The molecule has 6 heteroatoms. The molecule has 0 aliphatic carbocycles. The van der Waals surface area contributed by atoms with Gasteiger partial charge in [0.1, 0.15) is 10.7 Å². The second-order valence-corrected chi connectivity index (χ2v) is 7.00. The molecule has 0 saturated heterocycles. The molecule has 0 N–H and O–H groups in total. The normalized spacial score (nSPS) is 11.6. The summed E-state index contributed by atoms with van der Waals surface area (Å²) in [6, 6.07) is 10.1. The molecule has 5 nitrogen and oxygen atoms in total. The Balaban J connectivity index is 2.05. The number of hydrogen-bond donors (Lipinski definition) is 0. The first kappa shape index (κ1) is 15.8. The second kappa shape index (κ2) is 6.60. The molecule has 0 fully saturated rings. The van der Waals surface area contributed by atoms with Gasteiger partial charge >= 0.3 is 0 Å². The van der Waals surface area contributed by atoms with Gasteiger partial charge in [-0.05, 0) is 26.2 Å². The number of benzene rings is 1. The fourth-order valence-electron chi connectivity index (χ4n) is 2.24. The molecule has 3 rings (SSSR count). The SMILES string of the molecule is CC(C)c1nc(-c2csc(CN(C)C)n2)n(-c2ccccc2)n1. The van der Waals surface area contributed by atoms with Gasteiger partial charge in [-0.15, -0.1) is 11.3 Å². The first-order valence-corrected chi connectivity index (χ1v) is 8.54. The van der Waals surface area contributed by atoms with Crippen LogP contribution in [0.1, 0.15) is 30.6 Å². The van der Waals surface area contributed by atoms with Gasteiger partial charge in [0, 0.05) is 17.8 Å². The van der Waals surface area contributed by atoms with Crippen LogP contribution in [0.2, 0.25) is 0 Å². The van der Waals surface area contributed by atoms with E-state index >= 15 is 0 Å². The van der Waals surface area contributed by atoms with Crippen LogP contribution < -0.4 is 0 Å². The van der Waals surface area contributed by atoms with Crippen molar-refractivity contribution in [1.82, 2.24) is 24.6 Å². The summed E-state index contributed by atoms with van der Waals surface area (Å²) >= 11 is 1.66. The highest BCUT2D eigenvalue weighted by Crippen LogP contribution is 2.25. The largest absolute Gasteiger partial charge is 0.303 e. The lowest BCUT2D eigenvalue weighted by molar-refractivity contribution is 0.401. The number of nitrogens with zero attached hydrogens (tertiary/aromatic N) is 5. The highest BCUT2D eigenvalue weighted by Gasteiger charge is 2.18. The molecule has 23 heavy (non-hydrogen) atoms. The Labute approximate surface area is 140 Å². The van der Waals surface area contributed by atoms with Crippen molar-refractivity contribution in [2.75, 3.05) is 14.1 Å². The number of para-hydroxylation sites is 1. The summed E-state index contributed by atoms with van der Waals surface area (Å²) in [7, 11) is 4.09. The van der Waals surface area contributed by atoms with E-state index in [9.17, 15) is 0 Å². The van der Waals surface area contributed by atoms with Crippen LogP contribution in [0.25, 0.3) is 17.2 Å². The van der Waals surface area contributed by atoms with Crippen LogP contribution in [-0.4, -0.2) is 38.7 Å². The molecular formula is C17H21N5S. The Morgan fingerprint density at radius 2 is 1.87 bits per heavy atom. The van der Waals surface area contributed by atoms with E-state index in [-0.39, 0.29) is 5.92 Å². The van der Waals surface area contributed by atoms with Crippen LogP contribution in [0.3, 0.4) is 0 Å². The van der Waals surface area contributed by atoms with Gasteiger partial charge in [-0.3, -0.25) is 0 Å². The quantitative estimate of drug-likeness (QED) is 0.719. The van der Waals surface area contributed by atoms with E-state index in [0.29, 0.717) is 0 Å². The van der Waals surface area contributed by atoms with Gasteiger partial charge in [0.05, 0.1) is 5.69 Å². The summed E-state index contributed by atoms with van der Waals surface area (Å²) in [6.07, 6.45) is 0. The first-order valence-electron chi connectivity index (χ1n) is 7.66. The van der Waals surface area contributed by atoms with E-state index in [1.54, 1.807) is 11.3 Å². The molecule has 0 unspecified atom stereocenters. The predicted molar refractivity (Wildman–Crippen MR) is 93.9 cm³/mol. The molecule has 0 spiro atoms. The third-order valence-corrected chi connectivity index (χ3v) is 4.21. The van der Waals surface area contributed by atoms with Crippen molar-refractivity contribution in [3.8, 4) is 17.2 Å².